The molecule has 0 saturated heterocycles. The lowest BCUT2D eigenvalue weighted by Gasteiger charge is -2.54. The second-order valence-electron chi connectivity index (χ2n) is 9.73. The van der Waals surface area contributed by atoms with Gasteiger partial charge in [0.2, 0.25) is 0 Å². The zero-order valence-electron chi connectivity index (χ0n) is 20.2. The van der Waals surface area contributed by atoms with E-state index in [1.54, 1.807) is 32.9 Å². The fraction of sp³-hybridized carbons (Fsp3) is 0.654. The van der Waals surface area contributed by atoms with Gasteiger partial charge < -0.3 is 14.6 Å². The molecule has 0 aromatic heterocycles. The van der Waals surface area contributed by atoms with Crippen LogP contribution in [0.1, 0.15) is 67.2 Å². The molecule has 2 rings (SSSR count). The van der Waals surface area contributed by atoms with Crippen molar-refractivity contribution in [2.45, 2.75) is 85.5 Å². The largest absolute Gasteiger partial charge is 0.459 e. The lowest BCUT2D eigenvalue weighted by molar-refractivity contribution is -0.172. The quantitative estimate of drug-likeness (QED) is 0.356. The molecule has 0 aliphatic heterocycles. The first-order valence-electron chi connectivity index (χ1n) is 11.5. The Hall–Kier alpha value is -2.21. The summed E-state index contributed by atoms with van der Waals surface area (Å²) >= 11 is 0. The molecule has 0 heterocycles. The van der Waals surface area contributed by atoms with E-state index in [-0.39, 0.29) is 47.1 Å². The van der Waals surface area contributed by atoms with Crippen molar-refractivity contribution < 1.29 is 29.0 Å². The van der Waals surface area contributed by atoms with Gasteiger partial charge in [0.1, 0.15) is 18.3 Å². The second-order valence-corrected chi connectivity index (χ2v) is 9.73. The number of hydrogen-bond acceptors (Lipinski definition) is 6. The average Bonchev–Trinajstić information content (AvgIpc) is 2.73. The molecule has 0 aromatic rings. The van der Waals surface area contributed by atoms with E-state index >= 15 is 0 Å². The van der Waals surface area contributed by atoms with E-state index in [9.17, 15) is 19.5 Å². The van der Waals surface area contributed by atoms with Crippen molar-refractivity contribution in [1.29, 1.82) is 0 Å². The van der Waals surface area contributed by atoms with Crippen LogP contribution >= 0.6 is 0 Å². The van der Waals surface area contributed by atoms with Crippen LogP contribution in [0.4, 0.5) is 0 Å². The van der Waals surface area contributed by atoms with Crippen LogP contribution in [0.3, 0.4) is 0 Å². The predicted molar refractivity (Wildman–Crippen MR) is 123 cm³/mol. The number of hydrogen-bond donors (Lipinski definition) is 1. The van der Waals surface area contributed by atoms with E-state index in [0.29, 0.717) is 31.3 Å². The van der Waals surface area contributed by atoms with Crippen molar-refractivity contribution in [1.82, 2.24) is 0 Å². The summed E-state index contributed by atoms with van der Waals surface area (Å²) in [7, 11) is 0. The minimum atomic E-state index is -0.996. The van der Waals surface area contributed by atoms with Gasteiger partial charge in [0, 0.05) is 24.0 Å². The van der Waals surface area contributed by atoms with Crippen LogP contribution in [0.25, 0.3) is 0 Å². The second kappa shape index (κ2) is 10.6. The Labute approximate surface area is 191 Å². The van der Waals surface area contributed by atoms with Crippen molar-refractivity contribution in [3.05, 3.63) is 36.0 Å². The number of ketones is 1. The molecule has 0 radical (unpaired) electrons. The third-order valence-corrected chi connectivity index (χ3v) is 7.51. The minimum absolute atomic E-state index is 0.00751. The normalized spacial score (nSPS) is 34.0. The van der Waals surface area contributed by atoms with Crippen molar-refractivity contribution in [3.8, 4) is 0 Å². The first kappa shape index (κ1) is 26.0. The van der Waals surface area contributed by atoms with Gasteiger partial charge in [0.05, 0.1) is 0 Å². The summed E-state index contributed by atoms with van der Waals surface area (Å²) in [5.74, 6) is -1.44. The molecule has 0 spiro atoms. The van der Waals surface area contributed by atoms with E-state index in [1.165, 1.54) is 6.08 Å². The fourth-order valence-electron chi connectivity index (χ4n) is 5.05. The molecule has 0 amide bonds. The Balaban J connectivity index is 1.97. The van der Waals surface area contributed by atoms with E-state index in [0.717, 1.165) is 5.57 Å². The maximum atomic E-state index is 12.6. The zero-order chi connectivity index (χ0) is 24.2. The number of allylic oxidation sites excluding steroid dienone is 2. The molecule has 7 atom stereocenters. The number of aliphatic hydroxyl groups is 1. The highest BCUT2D eigenvalue weighted by atomic mass is 16.5. The number of Topliss-reactive ketones (excluding diaryl/α,β-unsaturated/α-hetero) is 1. The van der Waals surface area contributed by atoms with Crippen LogP contribution in [-0.4, -0.2) is 41.1 Å². The number of aliphatic hydroxyl groups excluding tert-OH is 1. The first-order chi connectivity index (χ1) is 14.9. The van der Waals surface area contributed by atoms with Crippen LogP contribution in [0, 0.1) is 23.2 Å². The van der Waals surface area contributed by atoms with Gasteiger partial charge in [-0.2, -0.15) is 0 Å². The smallest absolute Gasteiger partial charge is 0.333 e. The molecule has 32 heavy (non-hydrogen) atoms. The lowest BCUT2D eigenvalue weighted by Crippen LogP contribution is -2.57. The summed E-state index contributed by atoms with van der Waals surface area (Å²) in [4.78, 5) is 36.8. The Kier molecular flexibility index (Phi) is 8.63. The molecule has 2 aliphatic rings. The fourth-order valence-corrected chi connectivity index (χ4v) is 5.05. The van der Waals surface area contributed by atoms with Crippen molar-refractivity contribution >= 4 is 17.7 Å². The van der Waals surface area contributed by atoms with E-state index in [1.807, 2.05) is 13.8 Å². The highest BCUT2D eigenvalue weighted by molar-refractivity contribution is 5.89. The van der Waals surface area contributed by atoms with Gasteiger partial charge in [-0.25, -0.2) is 9.59 Å². The molecule has 6 nitrogen and oxygen atoms in total. The Morgan fingerprint density at radius 2 is 1.97 bits per heavy atom. The van der Waals surface area contributed by atoms with Gasteiger partial charge >= 0.3 is 11.9 Å². The average molecular weight is 447 g/mol. The molecule has 0 bridgehead atoms. The summed E-state index contributed by atoms with van der Waals surface area (Å²) in [6, 6.07) is 0. The molecule has 2 aliphatic carbocycles. The van der Waals surface area contributed by atoms with Gasteiger partial charge in [-0.15, -0.1) is 0 Å². The third-order valence-electron chi connectivity index (χ3n) is 7.51. The summed E-state index contributed by atoms with van der Waals surface area (Å²) in [5, 5.41) is 10.7. The number of rotatable bonds is 7. The van der Waals surface area contributed by atoms with Crippen LogP contribution in [0.15, 0.2) is 36.0 Å². The van der Waals surface area contributed by atoms with Crippen LogP contribution in [-0.2, 0) is 23.9 Å². The highest BCUT2D eigenvalue weighted by Crippen LogP contribution is 2.55. The lowest BCUT2D eigenvalue weighted by atomic mass is 9.51. The molecule has 0 unspecified atom stereocenters. The summed E-state index contributed by atoms with van der Waals surface area (Å²) < 4.78 is 11.1. The number of carbonyl (C=O) groups excluding carboxylic acids is 3. The minimum Gasteiger partial charge on any atom is -0.459 e. The van der Waals surface area contributed by atoms with Crippen molar-refractivity contribution in [2.24, 2.45) is 23.2 Å². The maximum Gasteiger partial charge on any atom is 0.333 e. The topological polar surface area (TPSA) is 89.9 Å². The summed E-state index contributed by atoms with van der Waals surface area (Å²) in [5.41, 5.74) is 0.987. The number of esters is 2. The third kappa shape index (κ3) is 5.58. The molecule has 6 heteroatoms. The van der Waals surface area contributed by atoms with Crippen LogP contribution < -0.4 is 0 Å². The van der Waals surface area contributed by atoms with E-state index in [2.05, 4.69) is 13.5 Å². The number of ether oxygens (including phenoxy) is 2. The zero-order valence-corrected chi connectivity index (χ0v) is 20.2. The van der Waals surface area contributed by atoms with Crippen LogP contribution in [0.2, 0.25) is 0 Å². The summed E-state index contributed by atoms with van der Waals surface area (Å²) in [6.07, 6.45) is 5.36. The van der Waals surface area contributed by atoms with Gasteiger partial charge in [-0.05, 0) is 64.2 Å². The first-order valence-corrected chi connectivity index (χ1v) is 11.5. The molecule has 178 valence electrons. The van der Waals surface area contributed by atoms with Gasteiger partial charge in [0.15, 0.2) is 5.78 Å². The Morgan fingerprint density at radius 1 is 1.31 bits per heavy atom. The summed E-state index contributed by atoms with van der Waals surface area (Å²) in [6.45, 7) is 15.1. The SMILES string of the molecule is C=C(C)[C@H]1C[C@@]2(C)[C@H](CC[C@@H](OC(=O)/C=C\C[C@@H](C)OC(=O)/C(C)=C\C)[C@@H]2C)[C@@H](O)C1=O. The Morgan fingerprint density at radius 3 is 2.56 bits per heavy atom. The van der Waals surface area contributed by atoms with E-state index < -0.39 is 12.1 Å². The van der Waals surface area contributed by atoms with Gasteiger partial charge in [-0.1, -0.05) is 38.2 Å². The predicted octanol–water partition coefficient (Wildman–Crippen LogP) is 4.32. The molecule has 0 aromatic carbocycles. The van der Waals surface area contributed by atoms with Crippen LogP contribution in [0.5, 0.6) is 0 Å². The molecule has 2 fully saturated rings. The standard InChI is InChI=1S/C26H38O6/c1-8-16(4)25(30)31-17(5)10-9-11-22(27)32-21-13-12-20-24(29)23(28)19(15(2)3)14-26(20,7)18(21)6/h8-9,11,17-21,24,29H,2,10,12-14H2,1,3-7H3/b11-9-,16-8-/t17-,18+,19-,20-,21-,24-,26-/m1/s1. The highest BCUT2D eigenvalue weighted by Gasteiger charge is 2.56. The van der Waals surface area contributed by atoms with Crippen molar-refractivity contribution in [2.75, 3.05) is 0 Å². The number of fused-ring (bicyclic) bond motifs is 1. The van der Waals surface area contributed by atoms with E-state index in [4.69, 9.17) is 9.47 Å². The van der Waals surface area contributed by atoms with Gasteiger partial charge in [0.25, 0.3) is 0 Å². The molecular formula is C26H38O6. The molecule has 1 N–H and O–H groups in total. The monoisotopic (exact) mass is 446 g/mol. The van der Waals surface area contributed by atoms with Gasteiger partial charge in [-0.3, -0.25) is 4.79 Å². The Bertz CT molecular complexity index is 809. The molecule has 2 saturated carbocycles. The molecular weight excluding hydrogens is 408 g/mol. The number of carbonyl (C=O) groups is 3. The maximum absolute atomic E-state index is 12.6. The van der Waals surface area contributed by atoms with Crippen molar-refractivity contribution in [3.63, 3.8) is 0 Å².